The van der Waals surface area contributed by atoms with Crippen LogP contribution in [-0.4, -0.2) is 0 Å². The van der Waals surface area contributed by atoms with Crippen LogP contribution in [0.25, 0.3) is 17.2 Å². The molecule has 236 valence electrons. The Morgan fingerprint density at radius 2 is 0.792 bits per heavy atom. The molecule has 1 nitrogen and oxygen atoms in total. The Bertz CT molecular complexity index is 1950. The van der Waals surface area contributed by atoms with E-state index in [4.69, 9.17) is 0 Å². The fourth-order valence-corrected chi connectivity index (χ4v) is 5.53. The number of hydrogen-bond acceptors (Lipinski definition) is 1. The Hall–Kier alpha value is -5.80. The van der Waals surface area contributed by atoms with Crippen LogP contribution in [0.5, 0.6) is 0 Å². The van der Waals surface area contributed by atoms with E-state index in [2.05, 4.69) is 141 Å². The van der Waals surface area contributed by atoms with Crippen LogP contribution in [-0.2, 0) is 0 Å². The van der Waals surface area contributed by atoms with Crippen molar-refractivity contribution in [2.75, 3.05) is 4.90 Å². The zero-order valence-corrected chi connectivity index (χ0v) is 27.4. The molecule has 0 spiro atoms. The number of allylic oxidation sites excluding steroid dienone is 2. The van der Waals surface area contributed by atoms with Crippen LogP contribution < -0.4 is 4.90 Å². The topological polar surface area (TPSA) is 3.24 Å². The van der Waals surface area contributed by atoms with Crippen LogP contribution in [0.4, 0.5) is 20.2 Å². The number of benzene rings is 6. The molecule has 0 saturated heterocycles. The van der Waals surface area contributed by atoms with Gasteiger partial charge in [-0.15, -0.1) is 0 Å². The van der Waals surface area contributed by atoms with E-state index < -0.39 is 0 Å². The predicted molar refractivity (Wildman–Crippen MR) is 198 cm³/mol. The molecule has 48 heavy (non-hydrogen) atoms. The second-order valence-corrected chi connectivity index (χ2v) is 12.0. The lowest BCUT2D eigenvalue weighted by Crippen LogP contribution is -2.10. The molecule has 6 aromatic rings. The van der Waals surface area contributed by atoms with E-state index in [0.29, 0.717) is 0 Å². The maximum Gasteiger partial charge on any atom is 0.123 e. The van der Waals surface area contributed by atoms with E-state index in [1.165, 1.54) is 46.5 Å². The summed E-state index contributed by atoms with van der Waals surface area (Å²) in [7, 11) is 0. The lowest BCUT2D eigenvalue weighted by Gasteiger charge is -2.24. The van der Waals surface area contributed by atoms with Gasteiger partial charge in [0.05, 0.1) is 0 Å². The minimum atomic E-state index is -0.309. The van der Waals surface area contributed by atoms with Gasteiger partial charge in [-0.1, -0.05) is 132 Å². The van der Waals surface area contributed by atoms with E-state index in [9.17, 15) is 8.78 Å². The summed E-state index contributed by atoms with van der Waals surface area (Å²) in [6, 6.07) is 46.7. The Balaban J connectivity index is 1.36. The van der Waals surface area contributed by atoms with E-state index in [-0.39, 0.29) is 11.6 Å². The Morgan fingerprint density at radius 1 is 0.438 bits per heavy atom. The zero-order valence-electron chi connectivity index (χ0n) is 27.4. The molecule has 0 aromatic heterocycles. The van der Waals surface area contributed by atoms with Gasteiger partial charge in [0.1, 0.15) is 11.6 Å². The summed E-state index contributed by atoms with van der Waals surface area (Å²) in [5.74, 6) is -0.619. The molecule has 0 amide bonds. The second kappa shape index (κ2) is 14.7. The third-order valence-corrected chi connectivity index (χ3v) is 8.33. The Labute approximate surface area is 282 Å². The zero-order chi connectivity index (χ0) is 33.5. The largest absolute Gasteiger partial charge is 0.317 e. The maximum atomic E-state index is 13.9. The summed E-state index contributed by atoms with van der Waals surface area (Å²) in [5, 5.41) is 0. The van der Waals surface area contributed by atoms with Crippen molar-refractivity contribution >= 4 is 28.6 Å². The molecule has 0 unspecified atom stereocenters. The second-order valence-electron chi connectivity index (χ2n) is 12.0. The lowest BCUT2D eigenvalue weighted by atomic mass is 9.96. The molecule has 0 bridgehead atoms. The van der Waals surface area contributed by atoms with E-state index in [0.717, 1.165) is 44.8 Å². The molecule has 6 rings (SSSR count). The van der Waals surface area contributed by atoms with Gasteiger partial charge in [-0.05, 0) is 103 Å². The Kier molecular flexibility index (Phi) is 9.88. The maximum absolute atomic E-state index is 13.9. The van der Waals surface area contributed by atoms with Crippen LogP contribution in [0.1, 0.15) is 44.5 Å². The van der Waals surface area contributed by atoms with Gasteiger partial charge in [0, 0.05) is 23.1 Å². The van der Waals surface area contributed by atoms with Gasteiger partial charge < -0.3 is 4.90 Å². The molecule has 0 saturated carbocycles. The van der Waals surface area contributed by atoms with Crippen LogP contribution in [0.15, 0.2) is 164 Å². The highest BCUT2D eigenvalue weighted by Gasteiger charge is 2.13. The summed E-state index contributed by atoms with van der Waals surface area (Å²) in [5.41, 5.74) is 12.6. The van der Waals surface area contributed by atoms with Crippen molar-refractivity contribution in [2.45, 2.75) is 20.8 Å². The van der Waals surface area contributed by atoms with Gasteiger partial charge in [-0.2, -0.15) is 0 Å². The third kappa shape index (κ3) is 7.94. The van der Waals surface area contributed by atoms with E-state index >= 15 is 0 Å². The van der Waals surface area contributed by atoms with Crippen molar-refractivity contribution in [2.24, 2.45) is 0 Å². The van der Waals surface area contributed by atoms with Gasteiger partial charge >= 0.3 is 0 Å². The first-order chi connectivity index (χ1) is 23.3. The molecular formula is C45H37F2N. The molecule has 0 aliphatic carbocycles. The Morgan fingerprint density at radius 3 is 1.23 bits per heavy atom. The highest BCUT2D eigenvalue weighted by molar-refractivity contribution is 5.84. The van der Waals surface area contributed by atoms with Crippen molar-refractivity contribution in [3.63, 3.8) is 0 Å². The summed E-state index contributed by atoms with van der Waals surface area (Å²) in [4.78, 5) is 2.11. The molecular weight excluding hydrogens is 592 g/mol. The fraction of sp³-hybridized carbons (Fsp3) is 0.0667. The molecule has 3 heteroatoms. The molecule has 0 aliphatic heterocycles. The first kappa shape index (κ1) is 32.2. The average molecular weight is 630 g/mol. The molecule has 0 atom stereocenters. The van der Waals surface area contributed by atoms with E-state index in [1.807, 2.05) is 6.20 Å². The van der Waals surface area contributed by atoms with Gasteiger partial charge in [0.15, 0.2) is 0 Å². The molecule has 0 fully saturated rings. The quantitative estimate of drug-likeness (QED) is 0.144. The van der Waals surface area contributed by atoms with Crippen LogP contribution in [0.2, 0.25) is 0 Å². The normalized spacial score (nSPS) is 10.9. The monoisotopic (exact) mass is 629 g/mol. The van der Waals surface area contributed by atoms with Crippen LogP contribution in [0.3, 0.4) is 0 Å². The smallest absolute Gasteiger partial charge is 0.123 e. The highest BCUT2D eigenvalue weighted by Crippen LogP contribution is 2.32. The predicted octanol–water partition coefficient (Wildman–Crippen LogP) is 12.3. The number of aryl methyl sites for hydroxylation is 3. The van der Waals surface area contributed by atoms with Crippen LogP contribution >= 0.6 is 0 Å². The standard InChI is InChI=1S/C45H37F2N/c1-32-7-15-36(16-8-32)44(37-17-9-33(2)10-18-37)6-4-5-35-13-29-43(30-14-35)48(42-27-11-34(3)12-28-42)31-45(38-19-23-40(46)24-20-38)39-21-25-41(47)26-22-39/h4-31H,1-3H3/b5-4+. The van der Waals surface area contributed by atoms with Crippen molar-refractivity contribution in [3.05, 3.63) is 220 Å². The fourth-order valence-electron chi connectivity index (χ4n) is 5.53. The van der Waals surface area contributed by atoms with Crippen LogP contribution in [0, 0.1) is 32.4 Å². The molecule has 0 radical (unpaired) electrons. The molecule has 6 aromatic carbocycles. The van der Waals surface area contributed by atoms with Crippen molar-refractivity contribution in [1.29, 1.82) is 0 Å². The van der Waals surface area contributed by atoms with Gasteiger partial charge in [0.2, 0.25) is 0 Å². The van der Waals surface area contributed by atoms with Crippen molar-refractivity contribution in [1.82, 2.24) is 0 Å². The first-order valence-electron chi connectivity index (χ1n) is 16.0. The summed E-state index contributed by atoms with van der Waals surface area (Å²) >= 11 is 0. The summed E-state index contributed by atoms with van der Waals surface area (Å²) in [6.07, 6.45) is 8.42. The number of rotatable bonds is 9. The highest BCUT2D eigenvalue weighted by atomic mass is 19.1. The number of anilines is 2. The molecule has 0 N–H and O–H groups in total. The number of hydrogen-bond donors (Lipinski definition) is 0. The first-order valence-corrected chi connectivity index (χ1v) is 16.0. The summed E-state index contributed by atoms with van der Waals surface area (Å²) in [6.45, 7) is 6.26. The van der Waals surface area contributed by atoms with Gasteiger partial charge in [-0.3, -0.25) is 0 Å². The molecule has 0 aliphatic rings. The number of halogens is 2. The van der Waals surface area contributed by atoms with Crippen molar-refractivity contribution < 1.29 is 8.78 Å². The average Bonchev–Trinajstić information content (AvgIpc) is 3.10. The minimum Gasteiger partial charge on any atom is -0.317 e. The summed E-state index contributed by atoms with van der Waals surface area (Å²) < 4.78 is 27.8. The lowest BCUT2D eigenvalue weighted by molar-refractivity contribution is 0.627. The van der Waals surface area contributed by atoms with Crippen molar-refractivity contribution in [3.8, 4) is 0 Å². The minimum absolute atomic E-state index is 0.309. The molecule has 0 heterocycles. The van der Waals surface area contributed by atoms with E-state index in [1.54, 1.807) is 24.3 Å². The third-order valence-electron chi connectivity index (χ3n) is 8.33. The SMILES string of the molecule is Cc1ccc(C(=C/C=C/c2ccc(N(C=C(c3ccc(F)cc3)c3ccc(F)cc3)c3ccc(C)cc3)cc2)c2ccc(C)cc2)cc1. The van der Waals surface area contributed by atoms with Gasteiger partial charge in [-0.25, -0.2) is 8.78 Å². The van der Waals surface area contributed by atoms with Gasteiger partial charge in [0.25, 0.3) is 0 Å². The number of nitrogens with zero attached hydrogens (tertiary/aromatic N) is 1.